The molecule has 1 heterocycles. The summed E-state index contributed by atoms with van der Waals surface area (Å²) in [6.45, 7) is 0.279. The Morgan fingerprint density at radius 1 is 1.18 bits per heavy atom. The lowest BCUT2D eigenvalue weighted by atomic mass is 10.0. The minimum Gasteiger partial charge on any atom is -0.496 e. The number of carbonyl (C=O) groups is 1. The molecule has 0 saturated carbocycles. The van der Waals surface area contributed by atoms with Gasteiger partial charge in [0.15, 0.2) is 9.84 Å². The number of nitrogens with zero attached hydrogens (tertiary/aromatic N) is 1. The van der Waals surface area contributed by atoms with Crippen molar-refractivity contribution in [3.63, 3.8) is 0 Å². The van der Waals surface area contributed by atoms with Gasteiger partial charge >= 0.3 is 0 Å². The van der Waals surface area contributed by atoms with Crippen LogP contribution in [0.25, 0.3) is 0 Å². The number of nitrogens with one attached hydrogen (secondary N) is 2. The number of ether oxygens (including phenoxy) is 1. The summed E-state index contributed by atoms with van der Waals surface area (Å²) in [6.07, 6.45) is 0.233. The van der Waals surface area contributed by atoms with Crippen molar-refractivity contribution >= 4 is 25.8 Å². The van der Waals surface area contributed by atoms with E-state index < -0.39 is 31.8 Å². The van der Waals surface area contributed by atoms with Crippen LogP contribution in [0.1, 0.15) is 28.4 Å². The van der Waals surface area contributed by atoms with Gasteiger partial charge in [-0.1, -0.05) is 24.3 Å². The summed E-state index contributed by atoms with van der Waals surface area (Å²) >= 11 is 0. The zero-order valence-corrected chi connectivity index (χ0v) is 20.4. The molecule has 0 aliphatic carbocycles. The first-order valence-electron chi connectivity index (χ1n) is 10.4. The second kappa shape index (κ2) is 10.2. The lowest BCUT2D eigenvalue weighted by Gasteiger charge is -2.26. The first kappa shape index (κ1) is 25.2. The van der Waals surface area contributed by atoms with Crippen LogP contribution in [-0.4, -0.2) is 72.9 Å². The summed E-state index contributed by atoms with van der Waals surface area (Å²) in [5.74, 6) is 0.0270. The minimum absolute atomic E-state index is 0.0398. The summed E-state index contributed by atoms with van der Waals surface area (Å²) in [4.78, 5) is 14.7. The van der Waals surface area contributed by atoms with Crippen LogP contribution in [0.15, 0.2) is 53.4 Å². The first-order chi connectivity index (χ1) is 15.5. The standard InChI is InChI=1S/C22H29N3O6S2/c1-25(2)20(19-9-4-5-10-21(19)31-3)14-23-22(26)16-7-6-8-18(13-16)33(29,30)24-17-11-12-32(27,28)15-17/h4-10,13,17,20,24H,11-12,14-15H2,1-3H3,(H,23,26). The fourth-order valence-electron chi connectivity index (χ4n) is 3.78. The molecule has 11 heteroatoms. The van der Waals surface area contributed by atoms with E-state index in [4.69, 9.17) is 4.74 Å². The van der Waals surface area contributed by atoms with E-state index >= 15 is 0 Å². The van der Waals surface area contributed by atoms with Gasteiger partial charge in [0.2, 0.25) is 10.0 Å². The molecule has 1 fully saturated rings. The third-order valence-corrected chi connectivity index (χ3v) is 8.82. The van der Waals surface area contributed by atoms with E-state index in [2.05, 4.69) is 10.0 Å². The van der Waals surface area contributed by atoms with Gasteiger partial charge in [-0.25, -0.2) is 21.6 Å². The monoisotopic (exact) mass is 495 g/mol. The number of para-hydroxylation sites is 1. The molecule has 2 N–H and O–H groups in total. The van der Waals surface area contributed by atoms with Crippen molar-refractivity contribution in [3.05, 3.63) is 59.7 Å². The van der Waals surface area contributed by atoms with Gasteiger partial charge in [-0.3, -0.25) is 4.79 Å². The molecule has 2 aromatic rings. The number of methoxy groups -OCH3 is 1. The van der Waals surface area contributed by atoms with Crippen molar-refractivity contribution in [2.75, 3.05) is 39.3 Å². The quantitative estimate of drug-likeness (QED) is 0.536. The van der Waals surface area contributed by atoms with Gasteiger partial charge < -0.3 is 15.0 Å². The zero-order chi connectivity index (χ0) is 24.2. The third-order valence-electron chi connectivity index (χ3n) is 5.54. The number of rotatable bonds is 9. The first-order valence-corrected chi connectivity index (χ1v) is 13.7. The molecule has 1 aliphatic heterocycles. The zero-order valence-electron chi connectivity index (χ0n) is 18.8. The lowest BCUT2D eigenvalue weighted by Crippen LogP contribution is -2.36. The fraction of sp³-hybridized carbons (Fsp3) is 0.409. The number of sulfonamides is 1. The molecule has 0 aromatic heterocycles. The highest BCUT2D eigenvalue weighted by atomic mass is 32.2. The van der Waals surface area contributed by atoms with Gasteiger partial charge in [0.1, 0.15) is 5.75 Å². The summed E-state index contributed by atoms with van der Waals surface area (Å²) in [7, 11) is -1.82. The number of benzene rings is 2. The van der Waals surface area contributed by atoms with Gasteiger partial charge in [-0.05, 0) is 44.8 Å². The number of likely N-dealkylation sites (N-methyl/N-ethyl adjacent to an activating group) is 1. The molecule has 2 unspecified atom stereocenters. The molecule has 1 aliphatic rings. The van der Waals surface area contributed by atoms with Crippen molar-refractivity contribution < 1.29 is 26.4 Å². The van der Waals surface area contributed by atoms with Gasteiger partial charge in [-0.15, -0.1) is 0 Å². The Kier molecular flexibility index (Phi) is 7.78. The molecule has 0 bridgehead atoms. The summed E-state index contributed by atoms with van der Waals surface area (Å²) in [5, 5.41) is 2.86. The Bertz CT molecular complexity index is 1210. The molecule has 2 aromatic carbocycles. The molecule has 2 atom stereocenters. The molecule has 1 saturated heterocycles. The molecular weight excluding hydrogens is 466 g/mol. The van der Waals surface area contributed by atoms with Crippen molar-refractivity contribution in [3.8, 4) is 5.75 Å². The van der Waals surface area contributed by atoms with E-state index in [1.807, 2.05) is 43.3 Å². The maximum atomic E-state index is 12.8. The van der Waals surface area contributed by atoms with E-state index in [0.29, 0.717) is 5.75 Å². The van der Waals surface area contributed by atoms with Crippen LogP contribution in [-0.2, 0) is 19.9 Å². The lowest BCUT2D eigenvalue weighted by molar-refractivity contribution is 0.0941. The number of hydrogen-bond acceptors (Lipinski definition) is 7. The van der Waals surface area contributed by atoms with Gasteiger partial charge in [0.25, 0.3) is 5.91 Å². The van der Waals surface area contributed by atoms with Crippen LogP contribution in [0.4, 0.5) is 0 Å². The molecule has 3 rings (SSSR count). The SMILES string of the molecule is COc1ccccc1C(CNC(=O)c1cccc(S(=O)(=O)NC2CCS(=O)(=O)C2)c1)N(C)C. The maximum Gasteiger partial charge on any atom is 0.251 e. The van der Waals surface area contributed by atoms with Crippen LogP contribution >= 0.6 is 0 Å². The summed E-state index contributed by atoms with van der Waals surface area (Å²) in [5.41, 5.74) is 1.10. The van der Waals surface area contributed by atoms with E-state index in [9.17, 15) is 21.6 Å². The molecule has 1 amide bonds. The smallest absolute Gasteiger partial charge is 0.251 e. The largest absolute Gasteiger partial charge is 0.496 e. The molecule has 33 heavy (non-hydrogen) atoms. The van der Waals surface area contributed by atoms with Crippen molar-refractivity contribution in [2.45, 2.75) is 23.4 Å². The van der Waals surface area contributed by atoms with Gasteiger partial charge in [0.05, 0.1) is 29.6 Å². The van der Waals surface area contributed by atoms with Crippen LogP contribution < -0.4 is 14.8 Å². The highest BCUT2D eigenvalue weighted by Crippen LogP contribution is 2.27. The second-order valence-electron chi connectivity index (χ2n) is 8.18. The topological polar surface area (TPSA) is 122 Å². The van der Waals surface area contributed by atoms with Gasteiger partial charge in [-0.2, -0.15) is 0 Å². The minimum atomic E-state index is -3.97. The summed E-state index contributed by atoms with van der Waals surface area (Å²) < 4.78 is 56.6. The molecule has 9 nitrogen and oxygen atoms in total. The fourth-order valence-corrected chi connectivity index (χ4v) is 6.88. The van der Waals surface area contributed by atoms with Crippen molar-refractivity contribution in [1.82, 2.24) is 14.9 Å². The average Bonchev–Trinajstić information content (AvgIpc) is 3.11. The van der Waals surface area contributed by atoms with E-state index in [1.54, 1.807) is 7.11 Å². The number of carbonyl (C=O) groups excluding carboxylic acids is 1. The molecule has 0 radical (unpaired) electrons. The van der Waals surface area contributed by atoms with Crippen LogP contribution in [0.2, 0.25) is 0 Å². The molecule has 0 spiro atoms. The van der Waals surface area contributed by atoms with E-state index in [1.165, 1.54) is 24.3 Å². The molecular formula is C22H29N3O6S2. The Labute approximate surface area is 195 Å². The van der Waals surface area contributed by atoms with Crippen LogP contribution in [0, 0.1) is 0 Å². The maximum absolute atomic E-state index is 12.8. The van der Waals surface area contributed by atoms with Crippen molar-refractivity contribution in [2.24, 2.45) is 0 Å². The van der Waals surface area contributed by atoms with E-state index in [-0.39, 0.29) is 41.0 Å². The Morgan fingerprint density at radius 3 is 2.55 bits per heavy atom. The molecule has 180 valence electrons. The van der Waals surface area contributed by atoms with Crippen LogP contribution in [0.5, 0.6) is 5.75 Å². The number of hydrogen-bond donors (Lipinski definition) is 2. The average molecular weight is 496 g/mol. The summed E-state index contributed by atoms with van der Waals surface area (Å²) in [6, 6.07) is 12.4. The number of sulfone groups is 1. The highest BCUT2D eigenvalue weighted by molar-refractivity contribution is 7.92. The van der Waals surface area contributed by atoms with Gasteiger partial charge in [0, 0.05) is 23.7 Å². The normalized spacial score (nSPS) is 18.7. The van der Waals surface area contributed by atoms with E-state index in [0.717, 1.165) is 5.56 Å². The third kappa shape index (κ3) is 6.32. The predicted molar refractivity (Wildman–Crippen MR) is 126 cm³/mol. The van der Waals surface area contributed by atoms with Crippen molar-refractivity contribution in [1.29, 1.82) is 0 Å². The number of amides is 1. The van der Waals surface area contributed by atoms with Crippen LogP contribution in [0.3, 0.4) is 0 Å². The Morgan fingerprint density at radius 2 is 1.91 bits per heavy atom. The highest BCUT2D eigenvalue weighted by Gasteiger charge is 2.31. The Hall–Kier alpha value is -2.47. The Balaban J connectivity index is 1.72. The second-order valence-corrected chi connectivity index (χ2v) is 12.1. The predicted octanol–water partition coefficient (Wildman–Crippen LogP) is 1.19.